The molecule has 0 saturated heterocycles. The molecule has 6 heteroatoms. The first-order valence-corrected chi connectivity index (χ1v) is 8.10. The number of hydrogen-bond donors (Lipinski definition) is 0. The van der Waals surface area contributed by atoms with Gasteiger partial charge in [-0.05, 0) is 19.3 Å². The van der Waals surface area contributed by atoms with E-state index in [4.69, 9.17) is 0 Å². The second-order valence-electron chi connectivity index (χ2n) is 2.84. The van der Waals surface area contributed by atoms with E-state index in [0.717, 1.165) is 19.3 Å². The fourth-order valence-electron chi connectivity index (χ4n) is 1.11. The third-order valence-corrected chi connectivity index (χ3v) is 12.8. The summed E-state index contributed by atoms with van der Waals surface area (Å²) in [5.74, 6) is 0. The Morgan fingerprint density at radius 3 is 1.25 bits per heavy atom. The molecule has 0 aromatic heterocycles. The molecule has 0 N–H and O–H groups in total. The topological polar surface area (TPSA) is 0 Å². The Balaban J connectivity index is 2.99. The van der Waals surface area contributed by atoms with Crippen LogP contribution in [-0.2, 0) is 0 Å². The van der Waals surface area contributed by atoms with Crippen molar-refractivity contribution in [1.29, 1.82) is 0 Å². The molecule has 0 heterocycles. The molecule has 0 aromatic carbocycles. The molecule has 72 valence electrons. The van der Waals surface area contributed by atoms with Crippen molar-refractivity contribution < 1.29 is 0 Å². The zero-order valence-corrected chi connectivity index (χ0v) is 15.4. The van der Waals surface area contributed by atoms with Gasteiger partial charge in [-0.1, -0.05) is 95.6 Å². The van der Waals surface area contributed by atoms with Crippen LogP contribution in [0, 0.1) is 0 Å². The first kappa shape index (κ1) is 12.9. The van der Waals surface area contributed by atoms with Crippen molar-refractivity contribution in [3.63, 3.8) is 0 Å². The lowest BCUT2D eigenvalue weighted by Crippen LogP contribution is -2.50. The van der Waals surface area contributed by atoms with Gasteiger partial charge in [-0.3, -0.25) is 0 Å². The lowest BCUT2D eigenvalue weighted by atomic mass is 10.00. The highest BCUT2D eigenvalue weighted by Crippen LogP contribution is 2.65. The summed E-state index contributed by atoms with van der Waals surface area (Å²) < 4.78 is -0.491. The predicted octanol–water partition coefficient (Wildman–Crippen LogP) is 5.63. The highest BCUT2D eigenvalue weighted by Gasteiger charge is 2.59. The Kier molecular flexibility index (Phi) is 4.36. The van der Waals surface area contributed by atoms with Gasteiger partial charge in [0.1, 0.15) is 9.70 Å². The standard InChI is InChI=1S/C6H6Br6/c7-4(8)2-1-3-5(9,10)6(4,11)12/h1-3H2. The lowest BCUT2D eigenvalue weighted by Gasteiger charge is -2.47. The normalized spacial score (nSPS) is 31.5. The van der Waals surface area contributed by atoms with Gasteiger partial charge >= 0.3 is 0 Å². The molecule has 1 fully saturated rings. The molecule has 0 atom stereocenters. The minimum absolute atomic E-state index is 0.127. The van der Waals surface area contributed by atoms with E-state index >= 15 is 0 Å². The van der Waals surface area contributed by atoms with E-state index in [2.05, 4.69) is 95.6 Å². The number of alkyl halides is 6. The van der Waals surface area contributed by atoms with Gasteiger partial charge < -0.3 is 0 Å². The van der Waals surface area contributed by atoms with Gasteiger partial charge in [0, 0.05) is 0 Å². The summed E-state index contributed by atoms with van der Waals surface area (Å²) in [6.07, 6.45) is 3.30. The van der Waals surface area contributed by atoms with E-state index < -0.39 is 0 Å². The van der Waals surface area contributed by atoms with Crippen LogP contribution in [0.25, 0.3) is 0 Å². The Labute approximate surface area is 123 Å². The molecule has 0 bridgehead atoms. The molecule has 1 rings (SSSR count). The highest BCUT2D eigenvalue weighted by atomic mass is 79.9. The fourth-order valence-corrected chi connectivity index (χ4v) is 5.45. The van der Waals surface area contributed by atoms with Crippen LogP contribution in [0.3, 0.4) is 0 Å². The maximum atomic E-state index is 3.66. The van der Waals surface area contributed by atoms with Crippen molar-refractivity contribution >= 4 is 95.6 Å². The highest BCUT2D eigenvalue weighted by molar-refractivity contribution is 9.33. The van der Waals surface area contributed by atoms with E-state index in [0.29, 0.717) is 0 Å². The quantitative estimate of drug-likeness (QED) is 0.339. The van der Waals surface area contributed by atoms with Gasteiger partial charge in [-0.25, -0.2) is 0 Å². The summed E-state index contributed by atoms with van der Waals surface area (Å²) in [6, 6.07) is 0. The molecule has 1 saturated carbocycles. The van der Waals surface area contributed by atoms with Crippen molar-refractivity contribution in [3.8, 4) is 0 Å². The summed E-state index contributed by atoms with van der Waals surface area (Å²) in [6.45, 7) is 0. The Morgan fingerprint density at radius 2 is 1.00 bits per heavy atom. The summed E-state index contributed by atoms with van der Waals surface area (Å²) in [7, 11) is 0. The summed E-state index contributed by atoms with van der Waals surface area (Å²) in [5, 5.41) is 0. The zero-order chi connectivity index (χ0) is 9.62. The van der Waals surface area contributed by atoms with Gasteiger partial charge in [0.25, 0.3) is 0 Å². The van der Waals surface area contributed by atoms with Crippen LogP contribution in [0.2, 0.25) is 0 Å². The van der Waals surface area contributed by atoms with Crippen LogP contribution in [0.15, 0.2) is 0 Å². The molecule has 0 unspecified atom stereocenters. The van der Waals surface area contributed by atoms with Crippen LogP contribution in [0.1, 0.15) is 19.3 Å². The minimum Gasteiger partial charge on any atom is -0.0701 e. The molecule has 0 aromatic rings. The molecule has 0 aliphatic heterocycles. The van der Waals surface area contributed by atoms with Crippen molar-refractivity contribution in [3.05, 3.63) is 0 Å². The van der Waals surface area contributed by atoms with Crippen LogP contribution in [-0.4, -0.2) is 9.70 Å². The second-order valence-corrected chi connectivity index (χ2v) is 13.8. The van der Waals surface area contributed by atoms with Crippen LogP contribution >= 0.6 is 95.6 Å². The monoisotopic (exact) mass is 552 g/mol. The molecule has 0 spiro atoms. The van der Waals surface area contributed by atoms with Crippen LogP contribution in [0.5, 0.6) is 0 Å². The summed E-state index contributed by atoms with van der Waals surface area (Å²) in [4.78, 5) is 0. The Hall–Kier alpha value is 2.88. The van der Waals surface area contributed by atoms with Crippen LogP contribution < -0.4 is 0 Å². The molecule has 12 heavy (non-hydrogen) atoms. The zero-order valence-electron chi connectivity index (χ0n) is 5.89. The van der Waals surface area contributed by atoms with Gasteiger partial charge in [-0.2, -0.15) is 0 Å². The molecule has 1 aliphatic carbocycles. The van der Waals surface area contributed by atoms with Crippen molar-refractivity contribution in [2.75, 3.05) is 0 Å². The van der Waals surface area contributed by atoms with Gasteiger partial charge in [0.2, 0.25) is 0 Å². The van der Waals surface area contributed by atoms with Gasteiger partial charge in [0.05, 0.1) is 0 Å². The van der Waals surface area contributed by atoms with Crippen molar-refractivity contribution in [1.82, 2.24) is 0 Å². The first-order chi connectivity index (χ1) is 5.21. The molecular weight excluding hydrogens is 551 g/mol. The third kappa shape index (κ3) is 2.18. The first-order valence-electron chi connectivity index (χ1n) is 3.34. The van der Waals surface area contributed by atoms with E-state index in [9.17, 15) is 0 Å². The maximum Gasteiger partial charge on any atom is 0.130 e. The van der Waals surface area contributed by atoms with E-state index in [-0.39, 0.29) is 9.70 Å². The average molecular weight is 558 g/mol. The van der Waals surface area contributed by atoms with E-state index in [1.807, 2.05) is 0 Å². The number of halogens is 6. The Bertz CT molecular complexity index is 166. The number of hydrogen-bond acceptors (Lipinski definition) is 0. The summed E-state index contributed by atoms with van der Waals surface area (Å²) >= 11 is 21.9. The second kappa shape index (κ2) is 4.04. The molecule has 1 aliphatic rings. The van der Waals surface area contributed by atoms with Crippen molar-refractivity contribution in [2.24, 2.45) is 0 Å². The van der Waals surface area contributed by atoms with E-state index in [1.54, 1.807) is 0 Å². The predicted molar refractivity (Wildman–Crippen MR) is 75.6 cm³/mol. The lowest BCUT2D eigenvalue weighted by molar-refractivity contribution is 0.500. The maximum absolute atomic E-state index is 3.66. The number of rotatable bonds is 0. The molecule has 0 amide bonds. The van der Waals surface area contributed by atoms with Crippen molar-refractivity contribution in [2.45, 2.75) is 29.0 Å². The smallest absolute Gasteiger partial charge is 0.0701 e. The Morgan fingerprint density at radius 1 is 0.667 bits per heavy atom. The summed E-state index contributed by atoms with van der Waals surface area (Å²) in [5.41, 5.74) is 0. The molecule has 0 nitrogen and oxygen atoms in total. The van der Waals surface area contributed by atoms with E-state index in [1.165, 1.54) is 0 Å². The molecular formula is C6H6Br6. The SMILES string of the molecule is BrC1(Br)CCCC(Br)(Br)C1(Br)Br. The largest absolute Gasteiger partial charge is 0.130 e. The minimum atomic E-state index is -0.238. The third-order valence-electron chi connectivity index (χ3n) is 1.90. The fraction of sp³-hybridized carbons (Fsp3) is 1.00. The van der Waals surface area contributed by atoms with Crippen LogP contribution in [0.4, 0.5) is 0 Å². The average Bonchev–Trinajstić information content (AvgIpc) is 1.83. The molecule has 0 radical (unpaired) electrons. The van der Waals surface area contributed by atoms with Gasteiger partial charge in [-0.15, -0.1) is 0 Å². The van der Waals surface area contributed by atoms with Gasteiger partial charge in [0.15, 0.2) is 0 Å².